The molecule has 0 saturated heterocycles. The van der Waals surface area contributed by atoms with E-state index in [1.807, 2.05) is 0 Å². The van der Waals surface area contributed by atoms with Crippen molar-refractivity contribution in [3.63, 3.8) is 0 Å². The average Bonchev–Trinajstić information content (AvgIpc) is 2.70. The predicted molar refractivity (Wildman–Crippen MR) is 76.0 cm³/mol. The van der Waals surface area contributed by atoms with E-state index < -0.39 is 0 Å². The van der Waals surface area contributed by atoms with E-state index >= 15 is 0 Å². The molecule has 2 saturated carbocycles. The Morgan fingerprint density at radius 1 is 0.889 bits per heavy atom. The molecule has 0 radical (unpaired) electrons. The Hall–Kier alpha value is -0.510. The van der Waals surface area contributed by atoms with Crippen LogP contribution in [0.2, 0.25) is 0 Å². The Balaban J connectivity index is 1.94. The van der Waals surface area contributed by atoms with Crippen molar-refractivity contribution in [3.05, 3.63) is 0 Å². The van der Waals surface area contributed by atoms with E-state index in [1.165, 1.54) is 64.2 Å². The summed E-state index contributed by atoms with van der Waals surface area (Å²) in [6.07, 6.45) is 15.0. The van der Waals surface area contributed by atoms with Crippen LogP contribution in [0.15, 0.2) is 0 Å². The standard InChI is InChI=1S/C17H29N/c1-14-6-2-4-8-16(12-14)17-9-5-3-7-15(13-17)10-11-18/h14-17H,2-10,12-13H2,1H3. The number of hydrogen-bond acceptors (Lipinski definition) is 1. The molecule has 0 spiro atoms. The molecule has 0 aromatic carbocycles. The topological polar surface area (TPSA) is 23.8 Å². The molecule has 2 fully saturated rings. The maximum Gasteiger partial charge on any atom is 0.0624 e. The molecular weight excluding hydrogens is 218 g/mol. The van der Waals surface area contributed by atoms with Crippen LogP contribution >= 0.6 is 0 Å². The third-order valence-corrected chi connectivity index (χ3v) is 5.35. The van der Waals surface area contributed by atoms with Gasteiger partial charge in [-0.05, 0) is 42.9 Å². The third-order valence-electron chi connectivity index (χ3n) is 5.35. The Labute approximate surface area is 113 Å². The molecule has 2 aliphatic carbocycles. The minimum Gasteiger partial charge on any atom is -0.198 e. The first-order valence-electron chi connectivity index (χ1n) is 8.16. The van der Waals surface area contributed by atoms with Crippen LogP contribution in [0.1, 0.15) is 77.6 Å². The molecule has 0 heterocycles. The average molecular weight is 247 g/mol. The minimum atomic E-state index is 0.709. The smallest absolute Gasteiger partial charge is 0.0624 e. The summed E-state index contributed by atoms with van der Waals surface area (Å²) in [6, 6.07) is 2.41. The summed E-state index contributed by atoms with van der Waals surface area (Å²) >= 11 is 0. The molecule has 1 nitrogen and oxygen atoms in total. The highest BCUT2D eigenvalue weighted by molar-refractivity contribution is 4.84. The lowest BCUT2D eigenvalue weighted by atomic mass is 9.77. The Morgan fingerprint density at radius 2 is 1.50 bits per heavy atom. The summed E-state index contributed by atoms with van der Waals surface area (Å²) in [5.41, 5.74) is 0. The minimum absolute atomic E-state index is 0.709. The maximum atomic E-state index is 8.94. The molecule has 2 aliphatic rings. The van der Waals surface area contributed by atoms with Gasteiger partial charge in [-0.25, -0.2) is 0 Å². The molecule has 0 aromatic rings. The lowest BCUT2D eigenvalue weighted by Crippen LogP contribution is -2.18. The van der Waals surface area contributed by atoms with Crippen molar-refractivity contribution in [1.29, 1.82) is 5.26 Å². The molecule has 102 valence electrons. The first-order valence-corrected chi connectivity index (χ1v) is 8.16. The number of rotatable bonds is 2. The first kappa shape index (κ1) is 13.9. The summed E-state index contributed by atoms with van der Waals surface area (Å²) < 4.78 is 0. The van der Waals surface area contributed by atoms with Crippen molar-refractivity contribution in [3.8, 4) is 6.07 Å². The lowest BCUT2D eigenvalue weighted by Gasteiger charge is -2.28. The molecule has 0 bridgehead atoms. The number of hydrogen-bond donors (Lipinski definition) is 0. The van der Waals surface area contributed by atoms with Gasteiger partial charge in [0.25, 0.3) is 0 Å². The van der Waals surface area contributed by atoms with Gasteiger partial charge in [0.05, 0.1) is 6.07 Å². The van der Waals surface area contributed by atoms with E-state index in [-0.39, 0.29) is 0 Å². The quantitative estimate of drug-likeness (QED) is 0.606. The van der Waals surface area contributed by atoms with Crippen LogP contribution in [0.3, 0.4) is 0 Å². The second-order valence-corrected chi connectivity index (χ2v) is 6.89. The Kier molecular flexibility index (Phi) is 5.54. The van der Waals surface area contributed by atoms with Gasteiger partial charge in [0.1, 0.15) is 0 Å². The Bertz CT molecular complexity index is 278. The summed E-state index contributed by atoms with van der Waals surface area (Å²) in [6.45, 7) is 2.45. The first-order chi connectivity index (χ1) is 8.79. The largest absolute Gasteiger partial charge is 0.198 e. The fourth-order valence-electron chi connectivity index (χ4n) is 4.33. The van der Waals surface area contributed by atoms with Gasteiger partial charge >= 0.3 is 0 Å². The van der Waals surface area contributed by atoms with E-state index in [4.69, 9.17) is 5.26 Å². The summed E-state index contributed by atoms with van der Waals surface area (Å²) in [4.78, 5) is 0. The monoisotopic (exact) mass is 247 g/mol. The van der Waals surface area contributed by atoms with Crippen molar-refractivity contribution < 1.29 is 0 Å². The zero-order chi connectivity index (χ0) is 12.8. The fraction of sp³-hybridized carbons (Fsp3) is 0.941. The van der Waals surface area contributed by atoms with Gasteiger partial charge in [0.2, 0.25) is 0 Å². The van der Waals surface area contributed by atoms with E-state index in [0.717, 1.165) is 24.2 Å². The van der Waals surface area contributed by atoms with Crippen LogP contribution in [0, 0.1) is 35.0 Å². The summed E-state index contributed by atoms with van der Waals surface area (Å²) in [7, 11) is 0. The van der Waals surface area contributed by atoms with Crippen LogP contribution in [0.25, 0.3) is 0 Å². The number of nitriles is 1. The van der Waals surface area contributed by atoms with Crippen LogP contribution in [0.5, 0.6) is 0 Å². The molecular formula is C17H29N. The predicted octanol–water partition coefficient (Wildman–Crippen LogP) is 5.31. The van der Waals surface area contributed by atoms with Crippen molar-refractivity contribution >= 4 is 0 Å². The normalized spacial score (nSPS) is 38.4. The fourth-order valence-corrected chi connectivity index (χ4v) is 4.33. The van der Waals surface area contributed by atoms with E-state index in [1.54, 1.807) is 0 Å². The van der Waals surface area contributed by atoms with Crippen molar-refractivity contribution in [1.82, 2.24) is 0 Å². The van der Waals surface area contributed by atoms with Gasteiger partial charge in [0, 0.05) is 6.42 Å². The second-order valence-electron chi connectivity index (χ2n) is 6.89. The van der Waals surface area contributed by atoms with E-state index in [0.29, 0.717) is 5.92 Å². The van der Waals surface area contributed by atoms with Crippen LogP contribution in [0.4, 0.5) is 0 Å². The molecule has 0 aliphatic heterocycles. The highest BCUT2D eigenvalue weighted by atomic mass is 14.3. The lowest BCUT2D eigenvalue weighted by molar-refractivity contribution is 0.226. The van der Waals surface area contributed by atoms with Gasteiger partial charge < -0.3 is 0 Å². The van der Waals surface area contributed by atoms with Crippen LogP contribution in [-0.2, 0) is 0 Å². The molecule has 1 heteroatoms. The molecule has 2 rings (SSSR count). The molecule has 0 N–H and O–H groups in total. The Morgan fingerprint density at radius 3 is 2.22 bits per heavy atom. The van der Waals surface area contributed by atoms with E-state index in [2.05, 4.69) is 13.0 Å². The third kappa shape index (κ3) is 4.01. The van der Waals surface area contributed by atoms with E-state index in [9.17, 15) is 0 Å². The molecule has 0 aromatic heterocycles. The zero-order valence-electron chi connectivity index (χ0n) is 12.0. The highest BCUT2D eigenvalue weighted by Gasteiger charge is 2.28. The highest BCUT2D eigenvalue weighted by Crippen LogP contribution is 2.40. The summed E-state index contributed by atoms with van der Waals surface area (Å²) in [5, 5.41) is 8.94. The number of nitrogens with zero attached hydrogens (tertiary/aromatic N) is 1. The van der Waals surface area contributed by atoms with Gasteiger partial charge in [-0.2, -0.15) is 5.26 Å². The zero-order valence-corrected chi connectivity index (χ0v) is 12.0. The van der Waals surface area contributed by atoms with Crippen molar-refractivity contribution in [2.45, 2.75) is 77.6 Å². The molecule has 4 atom stereocenters. The van der Waals surface area contributed by atoms with Gasteiger partial charge in [-0.3, -0.25) is 0 Å². The maximum absolute atomic E-state index is 8.94. The van der Waals surface area contributed by atoms with Crippen molar-refractivity contribution in [2.24, 2.45) is 23.7 Å². The molecule has 18 heavy (non-hydrogen) atoms. The molecule has 4 unspecified atom stereocenters. The summed E-state index contributed by atoms with van der Waals surface area (Å²) in [5.74, 6) is 3.56. The second kappa shape index (κ2) is 7.17. The SMILES string of the molecule is CC1CCCCC(C2CCCCC(CC#N)C2)C1. The van der Waals surface area contributed by atoms with Gasteiger partial charge in [-0.15, -0.1) is 0 Å². The van der Waals surface area contributed by atoms with Gasteiger partial charge in [-0.1, -0.05) is 51.9 Å². The molecule has 0 amide bonds. The van der Waals surface area contributed by atoms with Crippen LogP contribution < -0.4 is 0 Å². The van der Waals surface area contributed by atoms with Gasteiger partial charge in [0.15, 0.2) is 0 Å². The van der Waals surface area contributed by atoms with Crippen LogP contribution in [-0.4, -0.2) is 0 Å². The van der Waals surface area contributed by atoms with Crippen molar-refractivity contribution in [2.75, 3.05) is 0 Å².